The summed E-state index contributed by atoms with van der Waals surface area (Å²) in [6.45, 7) is 6.00. The number of alkyl carbamates (subject to hydrolysis) is 1. The summed E-state index contributed by atoms with van der Waals surface area (Å²) in [7, 11) is 3.45. The zero-order valence-electron chi connectivity index (χ0n) is 19.9. The number of benzene rings is 1. The number of methoxy groups -OCH3 is 1. The average molecular weight is 465 g/mol. The van der Waals surface area contributed by atoms with Crippen molar-refractivity contribution in [2.45, 2.75) is 26.4 Å². The smallest absolute Gasteiger partial charge is 0.407 e. The number of hydrogen-bond donors (Lipinski definition) is 1. The van der Waals surface area contributed by atoms with Crippen molar-refractivity contribution in [3.63, 3.8) is 0 Å². The SMILES string of the molecule is COc1cc(-c2cc3nccc(-c4cnn(C)c4)c3o2)ccc1OCCNC(=O)OC(C)(C)C. The van der Waals surface area contributed by atoms with Gasteiger partial charge in [-0.3, -0.25) is 9.67 Å². The molecule has 4 aromatic rings. The van der Waals surface area contributed by atoms with Crippen molar-refractivity contribution in [1.29, 1.82) is 0 Å². The van der Waals surface area contributed by atoms with Crippen molar-refractivity contribution in [3.8, 4) is 33.9 Å². The van der Waals surface area contributed by atoms with Crippen molar-refractivity contribution in [2.24, 2.45) is 7.05 Å². The number of hydrogen-bond acceptors (Lipinski definition) is 7. The molecule has 0 fully saturated rings. The highest BCUT2D eigenvalue weighted by molar-refractivity contribution is 5.92. The number of carbonyl (C=O) groups excluding carboxylic acids is 1. The monoisotopic (exact) mass is 464 g/mol. The van der Waals surface area contributed by atoms with Gasteiger partial charge in [-0.1, -0.05) is 0 Å². The second kappa shape index (κ2) is 9.46. The molecule has 1 aromatic carbocycles. The topological polar surface area (TPSA) is 101 Å². The van der Waals surface area contributed by atoms with Crippen LogP contribution in [-0.4, -0.2) is 46.7 Å². The zero-order chi connectivity index (χ0) is 24.3. The molecule has 0 bridgehead atoms. The molecule has 0 aliphatic rings. The van der Waals surface area contributed by atoms with Crippen LogP contribution in [-0.2, 0) is 11.8 Å². The Morgan fingerprint density at radius 3 is 2.68 bits per heavy atom. The quantitative estimate of drug-likeness (QED) is 0.392. The number of carbonyl (C=O) groups is 1. The summed E-state index contributed by atoms with van der Waals surface area (Å²) in [5.74, 6) is 1.77. The van der Waals surface area contributed by atoms with Gasteiger partial charge in [0.25, 0.3) is 0 Å². The summed E-state index contributed by atoms with van der Waals surface area (Å²) in [6, 6.07) is 9.35. The summed E-state index contributed by atoms with van der Waals surface area (Å²) in [5, 5.41) is 6.91. The van der Waals surface area contributed by atoms with Gasteiger partial charge in [0.1, 0.15) is 23.5 Å². The maximum atomic E-state index is 11.8. The van der Waals surface area contributed by atoms with Crippen molar-refractivity contribution in [3.05, 3.63) is 48.9 Å². The first-order valence-corrected chi connectivity index (χ1v) is 10.9. The Kier molecular flexibility index (Phi) is 6.45. The van der Waals surface area contributed by atoms with Gasteiger partial charge in [-0.25, -0.2) is 4.79 Å². The number of ether oxygens (including phenoxy) is 3. The van der Waals surface area contributed by atoms with Gasteiger partial charge in [0.15, 0.2) is 17.1 Å². The molecule has 1 N–H and O–H groups in total. The highest BCUT2D eigenvalue weighted by Crippen LogP contribution is 2.37. The van der Waals surface area contributed by atoms with Crippen LogP contribution in [0.5, 0.6) is 11.5 Å². The maximum Gasteiger partial charge on any atom is 0.407 e. The summed E-state index contributed by atoms with van der Waals surface area (Å²) in [5.41, 5.74) is 3.61. The lowest BCUT2D eigenvalue weighted by Crippen LogP contribution is -2.34. The summed E-state index contributed by atoms with van der Waals surface area (Å²) in [6.07, 6.45) is 5.00. The van der Waals surface area contributed by atoms with Gasteiger partial charge in [-0.15, -0.1) is 0 Å². The molecule has 0 radical (unpaired) electrons. The second-order valence-electron chi connectivity index (χ2n) is 8.73. The molecular weight excluding hydrogens is 436 g/mol. The third kappa shape index (κ3) is 5.31. The van der Waals surface area contributed by atoms with Crippen LogP contribution in [0.4, 0.5) is 4.79 Å². The molecule has 0 aliphatic carbocycles. The van der Waals surface area contributed by atoms with E-state index in [1.165, 1.54) is 0 Å². The van der Waals surface area contributed by atoms with Crippen LogP contribution in [0, 0.1) is 0 Å². The van der Waals surface area contributed by atoms with E-state index in [0.29, 0.717) is 29.4 Å². The summed E-state index contributed by atoms with van der Waals surface area (Å²) >= 11 is 0. The molecule has 0 unspecified atom stereocenters. The standard InChI is InChI=1S/C25H28N4O5/c1-25(2,3)34-24(30)27-10-11-32-20-7-6-16(12-22(20)31-5)21-13-19-23(33-21)18(8-9-26-19)17-14-28-29(4)15-17/h6-9,12-15H,10-11H2,1-5H3,(H,27,30). The Hall–Kier alpha value is -4.01. The minimum Gasteiger partial charge on any atom is -0.493 e. The highest BCUT2D eigenvalue weighted by atomic mass is 16.6. The van der Waals surface area contributed by atoms with E-state index in [0.717, 1.165) is 22.2 Å². The molecule has 0 aliphatic heterocycles. The molecule has 9 nitrogen and oxygen atoms in total. The number of aromatic nitrogens is 3. The van der Waals surface area contributed by atoms with Gasteiger partial charge < -0.3 is 23.9 Å². The Morgan fingerprint density at radius 2 is 1.97 bits per heavy atom. The molecule has 34 heavy (non-hydrogen) atoms. The fourth-order valence-electron chi connectivity index (χ4n) is 3.44. The number of rotatable bonds is 7. The van der Waals surface area contributed by atoms with Gasteiger partial charge in [-0.2, -0.15) is 5.10 Å². The Labute approximate surface area is 197 Å². The molecular formula is C25H28N4O5. The number of pyridine rings is 1. The van der Waals surface area contributed by atoms with Crippen LogP contribution in [0.25, 0.3) is 33.6 Å². The van der Waals surface area contributed by atoms with Crippen molar-refractivity contribution < 1.29 is 23.4 Å². The van der Waals surface area contributed by atoms with E-state index >= 15 is 0 Å². The van der Waals surface area contributed by atoms with Crippen molar-refractivity contribution in [2.75, 3.05) is 20.3 Å². The average Bonchev–Trinajstić information content (AvgIpc) is 3.41. The number of amides is 1. The van der Waals surface area contributed by atoms with Gasteiger partial charge in [0, 0.05) is 42.2 Å². The number of aryl methyl sites for hydroxylation is 1. The summed E-state index contributed by atoms with van der Waals surface area (Å²) in [4.78, 5) is 16.2. The van der Waals surface area contributed by atoms with E-state index in [1.54, 1.807) is 24.2 Å². The van der Waals surface area contributed by atoms with E-state index in [9.17, 15) is 4.79 Å². The summed E-state index contributed by atoms with van der Waals surface area (Å²) < 4.78 is 24.5. The molecule has 9 heteroatoms. The van der Waals surface area contributed by atoms with Crippen LogP contribution in [0.3, 0.4) is 0 Å². The van der Waals surface area contributed by atoms with E-state index in [1.807, 2.05) is 64.3 Å². The first-order chi connectivity index (χ1) is 16.2. The third-order valence-corrected chi connectivity index (χ3v) is 4.90. The number of fused-ring (bicyclic) bond motifs is 1. The molecule has 0 saturated heterocycles. The maximum absolute atomic E-state index is 11.8. The molecule has 3 heterocycles. The fraction of sp³-hybridized carbons (Fsp3) is 0.320. The van der Waals surface area contributed by atoms with Crippen LogP contribution < -0.4 is 14.8 Å². The molecule has 0 saturated carbocycles. The Balaban J connectivity index is 1.49. The number of nitrogens with one attached hydrogen (secondary N) is 1. The van der Waals surface area contributed by atoms with Crippen LogP contribution >= 0.6 is 0 Å². The van der Waals surface area contributed by atoms with Crippen LogP contribution in [0.1, 0.15) is 20.8 Å². The van der Waals surface area contributed by atoms with E-state index in [2.05, 4.69) is 15.4 Å². The molecule has 178 valence electrons. The van der Waals surface area contributed by atoms with Gasteiger partial charge >= 0.3 is 6.09 Å². The Bertz CT molecular complexity index is 1300. The molecule has 1 amide bonds. The fourth-order valence-corrected chi connectivity index (χ4v) is 3.44. The van der Waals surface area contributed by atoms with E-state index in [-0.39, 0.29) is 6.61 Å². The predicted molar refractivity (Wildman–Crippen MR) is 128 cm³/mol. The lowest BCUT2D eigenvalue weighted by molar-refractivity contribution is 0.0520. The van der Waals surface area contributed by atoms with Crippen molar-refractivity contribution in [1.82, 2.24) is 20.1 Å². The number of nitrogens with zero attached hydrogens (tertiary/aromatic N) is 3. The first-order valence-electron chi connectivity index (χ1n) is 10.9. The van der Waals surface area contributed by atoms with Gasteiger partial charge in [0.2, 0.25) is 0 Å². The van der Waals surface area contributed by atoms with Gasteiger partial charge in [0.05, 0.1) is 19.9 Å². The zero-order valence-corrected chi connectivity index (χ0v) is 19.9. The van der Waals surface area contributed by atoms with E-state index in [4.69, 9.17) is 18.6 Å². The molecule has 0 spiro atoms. The van der Waals surface area contributed by atoms with Gasteiger partial charge in [-0.05, 0) is 45.0 Å². The minimum absolute atomic E-state index is 0.262. The number of furan rings is 1. The molecule has 0 atom stereocenters. The third-order valence-electron chi connectivity index (χ3n) is 4.90. The minimum atomic E-state index is -0.547. The highest BCUT2D eigenvalue weighted by Gasteiger charge is 2.17. The second-order valence-corrected chi connectivity index (χ2v) is 8.73. The normalized spacial score (nSPS) is 11.4. The lowest BCUT2D eigenvalue weighted by atomic mass is 10.1. The lowest BCUT2D eigenvalue weighted by Gasteiger charge is -2.19. The molecule has 4 rings (SSSR count). The predicted octanol–water partition coefficient (Wildman–Crippen LogP) is 4.81. The molecule has 3 aromatic heterocycles. The van der Waals surface area contributed by atoms with E-state index < -0.39 is 11.7 Å². The first kappa shape index (κ1) is 23.2. The Morgan fingerprint density at radius 1 is 1.15 bits per heavy atom. The van der Waals surface area contributed by atoms with Crippen LogP contribution in [0.2, 0.25) is 0 Å². The van der Waals surface area contributed by atoms with Crippen LogP contribution in [0.15, 0.2) is 53.3 Å². The largest absolute Gasteiger partial charge is 0.493 e. The van der Waals surface area contributed by atoms with Crippen molar-refractivity contribution >= 4 is 17.2 Å².